The highest BCUT2D eigenvalue weighted by Gasteiger charge is 2.10. The number of amides is 2. The molecule has 0 fully saturated rings. The first-order valence-electron chi connectivity index (χ1n) is 8.49. The maximum atomic E-state index is 12.0. The van der Waals surface area contributed by atoms with Gasteiger partial charge in [0.15, 0.2) is 11.5 Å². The summed E-state index contributed by atoms with van der Waals surface area (Å²) < 4.78 is 10.4. The van der Waals surface area contributed by atoms with Crippen molar-refractivity contribution in [2.75, 3.05) is 19.5 Å². The minimum Gasteiger partial charge on any atom is -0.493 e. The molecule has 0 radical (unpaired) electrons. The van der Waals surface area contributed by atoms with Crippen LogP contribution in [0.1, 0.15) is 24.5 Å². The van der Waals surface area contributed by atoms with Gasteiger partial charge >= 0.3 is 0 Å². The van der Waals surface area contributed by atoms with Crippen LogP contribution >= 0.6 is 0 Å². The number of ether oxygens (including phenoxy) is 2. The summed E-state index contributed by atoms with van der Waals surface area (Å²) in [6.07, 6.45) is 1.93. The second-order valence-corrected chi connectivity index (χ2v) is 5.64. The Morgan fingerprint density at radius 2 is 1.78 bits per heavy atom. The van der Waals surface area contributed by atoms with Crippen molar-refractivity contribution in [1.29, 1.82) is 0 Å². The largest absolute Gasteiger partial charge is 0.493 e. The number of carbonyl (C=O) groups excluding carboxylic acids is 2. The van der Waals surface area contributed by atoms with Gasteiger partial charge in [0.05, 0.1) is 20.4 Å². The molecule has 7 nitrogen and oxygen atoms in total. The van der Waals surface area contributed by atoms with Crippen LogP contribution in [-0.2, 0) is 16.0 Å². The van der Waals surface area contributed by atoms with Crippen LogP contribution in [0.5, 0.6) is 11.5 Å². The number of hydrazone groups is 1. The Hall–Kier alpha value is -3.35. The zero-order valence-electron chi connectivity index (χ0n) is 15.6. The van der Waals surface area contributed by atoms with Crippen molar-refractivity contribution in [2.24, 2.45) is 5.10 Å². The lowest BCUT2D eigenvalue weighted by molar-refractivity contribution is -0.126. The van der Waals surface area contributed by atoms with Crippen LogP contribution in [0.15, 0.2) is 47.6 Å². The van der Waals surface area contributed by atoms with Gasteiger partial charge in [0.1, 0.15) is 6.42 Å². The van der Waals surface area contributed by atoms with E-state index in [4.69, 9.17) is 9.47 Å². The first kappa shape index (κ1) is 20.0. The monoisotopic (exact) mass is 369 g/mol. The Labute approximate surface area is 158 Å². The highest BCUT2D eigenvalue weighted by molar-refractivity contribution is 6.04. The van der Waals surface area contributed by atoms with E-state index in [0.717, 1.165) is 12.0 Å². The quantitative estimate of drug-likeness (QED) is 0.425. The summed E-state index contributed by atoms with van der Waals surface area (Å²) in [6.45, 7) is 2.00. The van der Waals surface area contributed by atoms with E-state index < -0.39 is 11.8 Å². The molecular weight excluding hydrogens is 346 g/mol. The molecule has 0 bridgehead atoms. The molecule has 0 saturated carbocycles. The normalized spacial score (nSPS) is 10.5. The molecule has 0 aliphatic rings. The van der Waals surface area contributed by atoms with Crippen LogP contribution in [0.3, 0.4) is 0 Å². The number of anilines is 1. The lowest BCUT2D eigenvalue weighted by Gasteiger charge is -2.09. The number of aryl methyl sites for hydroxylation is 1. The molecule has 27 heavy (non-hydrogen) atoms. The molecule has 0 heterocycles. The third kappa shape index (κ3) is 5.85. The van der Waals surface area contributed by atoms with Crippen molar-refractivity contribution >= 4 is 23.7 Å². The molecule has 2 aromatic carbocycles. The fourth-order valence-corrected chi connectivity index (χ4v) is 2.44. The Balaban J connectivity index is 1.88. The van der Waals surface area contributed by atoms with Crippen molar-refractivity contribution in [3.05, 3.63) is 53.6 Å². The van der Waals surface area contributed by atoms with Crippen LogP contribution in [0.25, 0.3) is 0 Å². The molecule has 2 aromatic rings. The molecule has 0 unspecified atom stereocenters. The van der Waals surface area contributed by atoms with Gasteiger partial charge in [-0.25, -0.2) is 5.43 Å². The smallest absolute Gasteiger partial charge is 0.249 e. The number of hydrogen-bond acceptors (Lipinski definition) is 5. The Kier molecular flexibility index (Phi) is 7.37. The lowest BCUT2D eigenvalue weighted by Crippen LogP contribution is -2.25. The van der Waals surface area contributed by atoms with Crippen molar-refractivity contribution in [1.82, 2.24) is 5.43 Å². The molecule has 2 amide bonds. The SMILES string of the molecule is CCc1ccccc1NC(=O)CC(=O)NN=Cc1ccc(OC)c(OC)c1. The third-order valence-electron chi connectivity index (χ3n) is 3.80. The number of hydrogen-bond donors (Lipinski definition) is 2. The van der Waals surface area contributed by atoms with Crippen LogP contribution in [0.2, 0.25) is 0 Å². The maximum Gasteiger partial charge on any atom is 0.249 e. The van der Waals surface area contributed by atoms with Crippen LogP contribution in [0, 0.1) is 0 Å². The second kappa shape index (κ2) is 9.96. The topological polar surface area (TPSA) is 89.0 Å². The fourth-order valence-electron chi connectivity index (χ4n) is 2.44. The molecule has 7 heteroatoms. The van der Waals surface area contributed by atoms with Gasteiger partial charge in [0, 0.05) is 5.69 Å². The molecule has 0 atom stereocenters. The maximum absolute atomic E-state index is 12.0. The van der Waals surface area contributed by atoms with Crippen LogP contribution in [0.4, 0.5) is 5.69 Å². The summed E-state index contributed by atoms with van der Waals surface area (Å²) in [5.74, 6) is 0.261. The van der Waals surface area contributed by atoms with Crippen molar-refractivity contribution in [3.8, 4) is 11.5 Å². The van der Waals surface area contributed by atoms with Gasteiger partial charge in [-0.2, -0.15) is 5.10 Å². The van der Waals surface area contributed by atoms with E-state index in [1.807, 2.05) is 31.2 Å². The van der Waals surface area contributed by atoms with Crippen LogP contribution < -0.4 is 20.2 Å². The van der Waals surface area contributed by atoms with Crippen LogP contribution in [-0.4, -0.2) is 32.2 Å². The van der Waals surface area contributed by atoms with Gasteiger partial charge < -0.3 is 14.8 Å². The molecule has 0 aromatic heterocycles. The van der Waals surface area contributed by atoms with Crippen molar-refractivity contribution in [2.45, 2.75) is 19.8 Å². The lowest BCUT2D eigenvalue weighted by atomic mass is 10.1. The van der Waals surface area contributed by atoms with E-state index in [0.29, 0.717) is 22.7 Å². The van der Waals surface area contributed by atoms with Gasteiger partial charge in [-0.15, -0.1) is 0 Å². The van der Waals surface area contributed by atoms with Gasteiger partial charge in [-0.3, -0.25) is 9.59 Å². The van der Waals surface area contributed by atoms with E-state index in [1.165, 1.54) is 13.3 Å². The molecular formula is C20H23N3O4. The highest BCUT2D eigenvalue weighted by atomic mass is 16.5. The Morgan fingerprint density at radius 1 is 1.04 bits per heavy atom. The molecule has 142 valence electrons. The van der Waals surface area contributed by atoms with E-state index in [2.05, 4.69) is 15.8 Å². The number of methoxy groups -OCH3 is 2. The second-order valence-electron chi connectivity index (χ2n) is 5.64. The summed E-state index contributed by atoms with van der Waals surface area (Å²) in [5.41, 5.74) is 4.78. The van der Waals surface area contributed by atoms with E-state index >= 15 is 0 Å². The number of para-hydroxylation sites is 1. The summed E-state index contributed by atoms with van der Waals surface area (Å²) in [4.78, 5) is 23.9. The van der Waals surface area contributed by atoms with Crippen molar-refractivity contribution in [3.63, 3.8) is 0 Å². The molecule has 2 rings (SSSR count). The minimum absolute atomic E-state index is 0.318. The first-order chi connectivity index (χ1) is 13.1. The summed E-state index contributed by atoms with van der Waals surface area (Å²) in [5, 5.41) is 6.61. The Bertz CT molecular complexity index is 834. The van der Waals surface area contributed by atoms with Gasteiger partial charge in [0.2, 0.25) is 11.8 Å². The van der Waals surface area contributed by atoms with E-state index in [-0.39, 0.29) is 6.42 Å². The zero-order chi connectivity index (χ0) is 19.6. The highest BCUT2D eigenvalue weighted by Crippen LogP contribution is 2.26. The molecule has 0 saturated heterocycles. The van der Waals surface area contributed by atoms with E-state index in [9.17, 15) is 9.59 Å². The molecule has 0 spiro atoms. The van der Waals surface area contributed by atoms with E-state index in [1.54, 1.807) is 25.3 Å². The summed E-state index contributed by atoms with van der Waals surface area (Å²) >= 11 is 0. The molecule has 0 aliphatic carbocycles. The van der Waals surface area contributed by atoms with Gasteiger partial charge in [-0.1, -0.05) is 25.1 Å². The standard InChI is InChI=1S/C20H23N3O4/c1-4-15-7-5-6-8-16(15)22-19(24)12-20(25)23-21-13-14-9-10-17(26-2)18(11-14)27-3/h5-11,13H,4,12H2,1-3H3,(H,22,24)(H,23,25). The zero-order valence-corrected chi connectivity index (χ0v) is 15.6. The molecule has 2 N–H and O–H groups in total. The summed E-state index contributed by atoms with van der Waals surface area (Å²) in [6, 6.07) is 12.7. The predicted octanol–water partition coefficient (Wildman–Crippen LogP) is 2.75. The van der Waals surface area contributed by atoms with Crippen molar-refractivity contribution < 1.29 is 19.1 Å². The number of rotatable bonds is 8. The average Bonchev–Trinajstić information content (AvgIpc) is 2.68. The van der Waals surface area contributed by atoms with Gasteiger partial charge in [-0.05, 0) is 41.8 Å². The Morgan fingerprint density at radius 3 is 2.48 bits per heavy atom. The molecule has 0 aliphatic heterocycles. The number of nitrogens with one attached hydrogen (secondary N) is 2. The fraction of sp³-hybridized carbons (Fsp3) is 0.250. The average molecular weight is 369 g/mol. The third-order valence-corrected chi connectivity index (χ3v) is 3.80. The predicted molar refractivity (Wildman–Crippen MR) is 104 cm³/mol. The minimum atomic E-state index is -0.502. The summed E-state index contributed by atoms with van der Waals surface area (Å²) in [7, 11) is 3.09. The first-order valence-corrected chi connectivity index (χ1v) is 8.49. The number of nitrogens with zero attached hydrogens (tertiary/aromatic N) is 1. The van der Waals surface area contributed by atoms with Gasteiger partial charge in [0.25, 0.3) is 0 Å². The number of carbonyl (C=O) groups is 2. The number of benzene rings is 2.